The zero-order chi connectivity index (χ0) is 13.5. The van der Waals surface area contributed by atoms with Crippen molar-refractivity contribution in [2.45, 2.75) is 64.7 Å². The van der Waals surface area contributed by atoms with Gasteiger partial charge in [0.1, 0.15) is 0 Å². The van der Waals surface area contributed by atoms with Crippen LogP contribution in [0, 0.1) is 0 Å². The van der Waals surface area contributed by atoms with Crippen molar-refractivity contribution in [3.63, 3.8) is 0 Å². The Balaban J connectivity index is 0.00000137. The smallest absolute Gasteiger partial charge is 0.0195 e. The van der Waals surface area contributed by atoms with E-state index in [1.165, 1.54) is 70.4 Å². The van der Waals surface area contributed by atoms with Gasteiger partial charge in [0.25, 0.3) is 0 Å². The van der Waals surface area contributed by atoms with E-state index in [-0.39, 0.29) is 0 Å². The Hall–Kier alpha value is -0.820. The van der Waals surface area contributed by atoms with Crippen molar-refractivity contribution in [3.05, 3.63) is 35.9 Å². The fourth-order valence-corrected chi connectivity index (χ4v) is 2.11. The average Bonchev–Trinajstić information content (AvgIpc) is 2.45. The van der Waals surface area contributed by atoms with Crippen molar-refractivity contribution >= 4 is 0 Å². The quantitative estimate of drug-likeness (QED) is 0.616. The molecule has 0 aromatic heterocycles. The summed E-state index contributed by atoms with van der Waals surface area (Å²) in [7, 11) is 1.50. The van der Waals surface area contributed by atoms with Crippen LogP contribution < -0.4 is 5.73 Å². The number of benzene rings is 1. The third kappa shape index (κ3) is 10.3. The van der Waals surface area contributed by atoms with Gasteiger partial charge < -0.3 is 5.73 Å². The normalized spacial score (nSPS) is 9.72. The molecule has 104 valence electrons. The van der Waals surface area contributed by atoms with Crippen LogP contribution in [-0.2, 0) is 6.42 Å². The molecule has 0 atom stereocenters. The predicted octanol–water partition coefficient (Wildman–Crippen LogP) is 4.94. The van der Waals surface area contributed by atoms with Crippen molar-refractivity contribution < 1.29 is 0 Å². The number of rotatable bonds is 9. The van der Waals surface area contributed by atoms with E-state index in [2.05, 4.69) is 43.0 Å². The van der Waals surface area contributed by atoms with E-state index in [0.717, 1.165) is 0 Å². The maximum absolute atomic E-state index is 4.50. The summed E-state index contributed by atoms with van der Waals surface area (Å²) >= 11 is 0. The Morgan fingerprint density at radius 1 is 0.722 bits per heavy atom. The van der Waals surface area contributed by atoms with Gasteiger partial charge in [-0.1, -0.05) is 82.2 Å². The van der Waals surface area contributed by atoms with E-state index in [1.807, 2.05) is 0 Å². The number of hydrogen-bond acceptors (Lipinski definition) is 1. The van der Waals surface area contributed by atoms with Gasteiger partial charge in [-0.15, -0.1) is 0 Å². The molecule has 1 aromatic carbocycles. The molecule has 0 aliphatic carbocycles. The highest BCUT2D eigenvalue weighted by molar-refractivity contribution is 5.14. The molecule has 2 N–H and O–H groups in total. The highest BCUT2D eigenvalue weighted by Crippen LogP contribution is 2.10. The van der Waals surface area contributed by atoms with E-state index in [9.17, 15) is 0 Å². The highest BCUT2D eigenvalue weighted by Gasteiger charge is 1.93. The molecule has 0 saturated heterocycles. The number of hydrogen-bond donors (Lipinski definition) is 1. The standard InChI is InChI=1S/C16H26.CH5N/c1-2-3-4-5-6-7-8-10-13-16-14-11-9-12-15-16;1-2/h9,11-12,14-15H,2-8,10,13H2,1H3;2H2,1H3. The summed E-state index contributed by atoms with van der Waals surface area (Å²) in [6.45, 7) is 2.28. The van der Waals surface area contributed by atoms with Gasteiger partial charge >= 0.3 is 0 Å². The predicted molar refractivity (Wildman–Crippen MR) is 82.9 cm³/mol. The molecule has 0 aliphatic heterocycles. The first-order chi connectivity index (χ1) is 8.93. The maximum Gasteiger partial charge on any atom is -0.0195 e. The van der Waals surface area contributed by atoms with E-state index in [1.54, 1.807) is 0 Å². The summed E-state index contributed by atoms with van der Waals surface area (Å²) in [4.78, 5) is 0. The lowest BCUT2D eigenvalue weighted by Crippen LogP contribution is -1.85. The van der Waals surface area contributed by atoms with Crippen LogP contribution in [0.4, 0.5) is 0 Å². The minimum absolute atomic E-state index is 1.26. The maximum atomic E-state index is 4.50. The molecule has 0 fully saturated rings. The summed E-state index contributed by atoms with van der Waals surface area (Å²) in [5, 5.41) is 0. The molecular weight excluding hydrogens is 218 g/mol. The van der Waals surface area contributed by atoms with Gasteiger partial charge in [-0.05, 0) is 25.5 Å². The second kappa shape index (κ2) is 14.2. The summed E-state index contributed by atoms with van der Waals surface area (Å²) < 4.78 is 0. The summed E-state index contributed by atoms with van der Waals surface area (Å²) in [5.41, 5.74) is 5.99. The average molecular weight is 249 g/mol. The summed E-state index contributed by atoms with van der Waals surface area (Å²) in [6, 6.07) is 10.8. The van der Waals surface area contributed by atoms with Gasteiger partial charge in [-0.25, -0.2) is 0 Å². The summed E-state index contributed by atoms with van der Waals surface area (Å²) in [6.07, 6.45) is 12.5. The van der Waals surface area contributed by atoms with E-state index >= 15 is 0 Å². The number of aryl methyl sites for hydroxylation is 1. The molecule has 0 unspecified atom stereocenters. The molecule has 1 heteroatoms. The van der Waals surface area contributed by atoms with Crippen LogP contribution in [-0.4, -0.2) is 7.05 Å². The fraction of sp³-hybridized carbons (Fsp3) is 0.647. The lowest BCUT2D eigenvalue weighted by atomic mass is 10.0. The molecule has 0 spiro atoms. The van der Waals surface area contributed by atoms with E-state index in [4.69, 9.17) is 0 Å². The largest absolute Gasteiger partial charge is 0.333 e. The van der Waals surface area contributed by atoms with Gasteiger partial charge in [0, 0.05) is 0 Å². The molecule has 1 rings (SSSR count). The molecule has 0 bridgehead atoms. The molecule has 0 heterocycles. The first-order valence-corrected chi connectivity index (χ1v) is 7.55. The first-order valence-electron chi connectivity index (χ1n) is 7.55. The second-order valence-electron chi connectivity index (χ2n) is 4.71. The van der Waals surface area contributed by atoms with Crippen LogP contribution in [0.3, 0.4) is 0 Å². The Bertz CT molecular complexity index is 243. The molecule has 18 heavy (non-hydrogen) atoms. The topological polar surface area (TPSA) is 26.0 Å². The van der Waals surface area contributed by atoms with Crippen LogP contribution >= 0.6 is 0 Å². The van der Waals surface area contributed by atoms with Gasteiger partial charge in [-0.2, -0.15) is 0 Å². The lowest BCUT2D eigenvalue weighted by molar-refractivity contribution is 0.575. The number of nitrogens with two attached hydrogens (primary N) is 1. The first kappa shape index (κ1) is 17.2. The SMILES string of the molecule is CCCCCCCCCCc1ccccc1.CN. The van der Waals surface area contributed by atoms with Gasteiger partial charge in [0.05, 0.1) is 0 Å². The minimum Gasteiger partial charge on any atom is -0.333 e. The van der Waals surface area contributed by atoms with Crippen LogP contribution in [0.5, 0.6) is 0 Å². The molecule has 1 nitrogen and oxygen atoms in total. The highest BCUT2D eigenvalue weighted by atomic mass is 14.4. The molecular formula is C17H31N. The summed E-state index contributed by atoms with van der Waals surface area (Å²) in [5.74, 6) is 0. The van der Waals surface area contributed by atoms with E-state index < -0.39 is 0 Å². The Kier molecular flexibility index (Phi) is 13.6. The van der Waals surface area contributed by atoms with Crippen molar-refractivity contribution in [2.75, 3.05) is 7.05 Å². The number of unbranched alkanes of at least 4 members (excludes halogenated alkanes) is 7. The Morgan fingerprint density at radius 2 is 1.22 bits per heavy atom. The van der Waals surface area contributed by atoms with Crippen molar-refractivity contribution in [2.24, 2.45) is 5.73 Å². The van der Waals surface area contributed by atoms with Crippen LogP contribution in [0.15, 0.2) is 30.3 Å². The molecule has 1 aromatic rings. The molecule has 0 radical (unpaired) electrons. The van der Waals surface area contributed by atoms with Crippen molar-refractivity contribution in [1.82, 2.24) is 0 Å². The lowest BCUT2D eigenvalue weighted by Gasteiger charge is -2.02. The van der Waals surface area contributed by atoms with Crippen LogP contribution in [0.2, 0.25) is 0 Å². The van der Waals surface area contributed by atoms with Gasteiger partial charge in [-0.3, -0.25) is 0 Å². The van der Waals surface area contributed by atoms with Crippen molar-refractivity contribution in [3.8, 4) is 0 Å². The zero-order valence-corrected chi connectivity index (χ0v) is 12.3. The third-order valence-electron chi connectivity index (χ3n) is 3.16. The Morgan fingerprint density at radius 3 is 1.78 bits per heavy atom. The van der Waals surface area contributed by atoms with Gasteiger partial charge in [0.2, 0.25) is 0 Å². The van der Waals surface area contributed by atoms with Gasteiger partial charge in [0.15, 0.2) is 0 Å². The zero-order valence-electron chi connectivity index (χ0n) is 12.3. The Labute approximate surface area is 114 Å². The second-order valence-corrected chi connectivity index (χ2v) is 4.71. The molecule has 0 amide bonds. The van der Waals surface area contributed by atoms with Crippen LogP contribution in [0.25, 0.3) is 0 Å². The van der Waals surface area contributed by atoms with Crippen LogP contribution in [0.1, 0.15) is 63.9 Å². The third-order valence-corrected chi connectivity index (χ3v) is 3.16. The molecule has 0 aliphatic rings. The molecule has 0 saturated carbocycles. The monoisotopic (exact) mass is 249 g/mol. The minimum atomic E-state index is 1.26. The van der Waals surface area contributed by atoms with E-state index in [0.29, 0.717) is 0 Å². The van der Waals surface area contributed by atoms with Crippen molar-refractivity contribution in [1.29, 1.82) is 0 Å². The fourth-order valence-electron chi connectivity index (χ4n) is 2.11.